The molecular formula is C18H31N5O3. The average molecular weight is 365 g/mol. The standard InChI is InChI=1S/C18H31N5O3/c1-6-19-16(23-14-11-15(22-14)25-5)20-12-7-9-13(10-8-12)21-17(24)26-18(2,3)4/h6,11-14,22H,7-10H2,1-5H3,(H,20,23)(H,21,24)/b19-6-. The zero-order valence-electron chi connectivity index (χ0n) is 16.3. The Morgan fingerprint density at radius 1 is 1.23 bits per heavy atom. The third-order valence-electron chi connectivity index (χ3n) is 4.11. The van der Waals surface area contributed by atoms with Gasteiger partial charge in [-0.25, -0.2) is 14.8 Å². The monoisotopic (exact) mass is 365 g/mol. The zero-order chi connectivity index (χ0) is 19.2. The minimum atomic E-state index is -0.473. The molecule has 26 heavy (non-hydrogen) atoms. The van der Waals surface area contributed by atoms with E-state index in [1.165, 1.54) is 0 Å². The van der Waals surface area contributed by atoms with Crippen LogP contribution in [-0.4, -0.2) is 49.2 Å². The number of hydrogen-bond donors (Lipinski definition) is 3. The summed E-state index contributed by atoms with van der Waals surface area (Å²) < 4.78 is 10.4. The predicted octanol–water partition coefficient (Wildman–Crippen LogP) is 2.28. The van der Waals surface area contributed by atoms with Gasteiger partial charge in [-0.05, 0) is 53.4 Å². The molecule has 1 heterocycles. The third-order valence-corrected chi connectivity index (χ3v) is 4.11. The van der Waals surface area contributed by atoms with Crippen LogP contribution in [0.5, 0.6) is 0 Å². The summed E-state index contributed by atoms with van der Waals surface area (Å²) in [5, 5.41) is 9.43. The van der Waals surface area contributed by atoms with E-state index < -0.39 is 5.60 Å². The average Bonchev–Trinajstić information content (AvgIpc) is 2.50. The van der Waals surface area contributed by atoms with Gasteiger partial charge in [-0.15, -0.1) is 0 Å². The minimum absolute atomic E-state index is 0.110. The van der Waals surface area contributed by atoms with Crippen molar-refractivity contribution in [1.29, 1.82) is 0 Å². The molecule has 0 aromatic heterocycles. The summed E-state index contributed by atoms with van der Waals surface area (Å²) in [7, 11) is 1.62. The maximum atomic E-state index is 11.9. The lowest BCUT2D eigenvalue weighted by Gasteiger charge is -2.31. The van der Waals surface area contributed by atoms with Crippen molar-refractivity contribution >= 4 is 18.3 Å². The van der Waals surface area contributed by atoms with Crippen molar-refractivity contribution in [2.24, 2.45) is 9.98 Å². The number of nitrogens with one attached hydrogen (secondary N) is 3. The number of hydrogen-bond acceptors (Lipinski definition) is 5. The van der Waals surface area contributed by atoms with Crippen molar-refractivity contribution in [2.75, 3.05) is 7.11 Å². The lowest BCUT2D eigenvalue weighted by atomic mass is 9.91. The molecule has 1 atom stereocenters. The number of guanidine groups is 1. The fourth-order valence-electron chi connectivity index (χ4n) is 2.88. The summed E-state index contributed by atoms with van der Waals surface area (Å²) in [5.74, 6) is 1.34. The summed E-state index contributed by atoms with van der Waals surface area (Å²) in [6.07, 6.45) is 6.84. The van der Waals surface area contributed by atoms with Crippen LogP contribution in [0.1, 0.15) is 53.4 Å². The van der Waals surface area contributed by atoms with Gasteiger partial charge in [0.1, 0.15) is 11.8 Å². The molecule has 1 unspecified atom stereocenters. The minimum Gasteiger partial charge on any atom is -0.483 e. The van der Waals surface area contributed by atoms with Gasteiger partial charge in [0.2, 0.25) is 5.96 Å². The molecule has 8 nitrogen and oxygen atoms in total. The Balaban J connectivity index is 1.78. The van der Waals surface area contributed by atoms with E-state index in [1.54, 1.807) is 13.3 Å². The first-order chi connectivity index (χ1) is 12.3. The van der Waals surface area contributed by atoms with Crippen LogP contribution in [-0.2, 0) is 9.47 Å². The first-order valence-corrected chi connectivity index (χ1v) is 9.14. The van der Waals surface area contributed by atoms with Crippen molar-refractivity contribution in [3.05, 3.63) is 12.0 Å². The molecule has 1 aliphatic heterocycles. The summed E-state index contributed by atoms with van der Waals surface area (Å²) in [4.78, 5) is 20.7. The van der Waals surface area contributed by atoms with Gasteiger partial charge in [0, 0.05) is 24.4 Å². The Morgan fingerprint density at radius 3 is 2.31 bits per heavy atom. The van der Waals surface area contributed by atoms with E-state index in [4.69, 9.17) is 9.47 Å². The van der Waals surface area contributed by atoms with Crippen LogP contribution < -0.4 is 16.0 Å². The van der Waals surface area contributed by atoms with Crippen molar-refractivity contribution in [2.45, 2.75) is 77.2 Å². The molecule has 1 amide bonds. The van der Waals surface area contributed by atoms with E-state index in [2.05, 4.69) is 25.9 Å². The molecule has 0 radical (unpaired) electrons. The first-order valence-electron chi connectivity index (χ1n) is 9.14. The molecule has 2 rings (SSSR count). The van der Waals surface area contributed by atoms with E-state index in [0.717, 1.165) is 31.6 Å². The van der Waals surface area contributed by atoms with Crippen LogP contribution in [0.4, 0.5) is 4.79 Å². The Hall–Kier alpha value is -2.25. The molecule has 0 aromatic rings. The summed E-state index contributed by atoms with van der Waals surface area (Å²) >= 11 is 0. The van der Waals surface area contributed by atoms with Crippen molar-refractivity contribution in [3.63, 3.8) is 0 Å². The molecule has 1 saturated carbocycles. The van der Waals surface area contributed by atoms with E-state index >= 15 is 0 Å². The molecule has 146 valence electrons. The molecule has 3 N–H and O–H groups in total. The van der Waals surface area contributed by atoms with Gasteiger partial charge in [0.05, 0.1) is 7.11 Å². The van der Waals surface area contributed by atoms with E-state index in [9.17, 15) is 4.79 Å². The highest BCUT2D eigenvalue weighted by molar-refractivity contribution is 5.87. The van der Waals surface area contributed by atoms with Gasteiger partial charge in [0.15, 0.2) is 5.88 Å². The number of nitrogens with zero attached hydrogens (tertiary/aromatic N) is 2. The van der Waals surface area contributed by atoms with E-state index in [0.29, 0.717) is 12.0 Å². The number of rotatable bonds is 4. The molecule has 2 aliphatic rings. The smallest absolute Gasteiger partial charge is 0.407 e. The lowest BCUT2D eigenvalue weighted by Crippen LogP contribution is -2.45. The molecule has 0 saturated heterocycles. The van der Waals surface area contributed by atoms with Gasteiger partial charge < -0.3 is 25.4 Å². The van der Waals surface area contributed by atoms with Crippen molar-refractivity contribution < 1.29 is 14.3 Å². The second-order valence-corrected chi connectivity index (χ2v) is 7.50. The number of amides is 1. The van der Waals surface area contributed by atoms with Crippen LogP contribution in [0.2, 0.25) is 0 Å². The van der Waals surface area contributed by atoms with Gasteiger partial charge in [-0.1, -0.05) is 0 Å². The predicted molar refractivity (Wildman–Crippen MR) is 102 cm³/mol. The Morgan fingerprint density at radius 2 is 1.81 bits per heavy atom. The maximum absolute atomic E-state index is 11.9. The molecule has 8 heteroatoms. The molecule has 0 aromatic carbocycles. The number of ether oxygens (including phenoxy) is 2. The lowest BCUT2D eigenvalue weighted by molar-refractivity contribution is 0.0490. The number of carbonyl (C=O) groups is 1. The second-order valence-electron chi connectivity index (χ2n) is 7.50. The Bertz CT molecular complexity index is 572. The Labute approximate surface area is 155 Å². The molecular weight excluding hydrogens is 334 g/mol. The first kappa shape index (κ1) is 20.1. The van der Waals surface area contributed by atoms with E-state index in [-0.39, 0.29) is 18.3 Å². The van der Waals surface area contributed by atoms with Crippen LogP contribution in [0.3, 0.4) is 0 Å². The van der Waals surface area contributed by atoms with Crippen molar-refractivity contribution in [1.82, 2.24) is 16.0 Å². The maximum Gasteiger partial charge on any atom is 0.407 e. The van der Waals surface area contributed by atoms with Crippen LogP contribution >= 0.6 is 0 Å². The highest BCUT2D eigenvalue weighted by Crippen LogP contribution is 2.20. The Kier molecular flexibility index (Phi) is 6.88. The van der Waals surface area contributed by atoms with Crippen LogP contribution in [0.25, 0.3) is 0 Å². The summed E-state index contributed by atoms with van der Waals surface area (Å²) in [6.45, 7) is 7.46. The van der Waals surface area contributed by atoms with Gasteiger partial charge in [-0.3, -0.25) is 0 Å². The highest BCUT2D eigenvalue weighted by Gasteiger charge is 2.25. The number of aliphatic imine (C=N–C) groups is 2. The normalized spacial score (nSPS) is 26.4. The molecule has 1 fully saturated rings. The van der Waals surface area contributed by atoms with E-state index in [1.807, 2.05) is 33.8 Å². The molecule has 1 aliphatic carbocycles. The second kappa shape index (κ2) is 8.91. The van der Waals surface area contributed by atoms with Gasteiger partial charge >= 0.3 is 6.09 Å². The number of alkyl carbamates (subject to hydrolysis) is 1. The molecule has 0 spiro atoms. The number of carbonyl (C=O) groups excluding carboxylic acids is 1. The van der Waals surface area contributed by atoms with Gasteiger partial charge in [-0.2, -0.15) is 0 Å². The van der Waals surface area contributed by atoms with Crippen molar-refractivity contribution in [3.8, 4) is 0 Å². The SMILES string of the molecule is C/C=N\C(=N/C1C=C(OC)N1)NC1CCC(NC(=O)OC(C)(C)C)CC1. The number of methoxy groups -OCH3 is 1. The quantitative estimate of drug-likeness (QED) is 0.525. The summed E-state index contributed by atoms with van der Waals surface area (Å²) in [6, 6.07) is 0.443. The zero-order valence-corrected chi connectivity index (χ0v) is 16.3. The third kappa shape index (κ3) is 6.57. The topological polar surface area (TPSA) is 96.3 Å². The van der Waals surface area contributed by atoms with Gasteiger partial charge in [0.25, 0.3) is 0 Å². The van der Waals surface area contributed by atoms with Crippen LogP contribution in [0, 0.1) is 0 Å². The highest BCUT2D eigenvalue weighted by atomic mass is 16.6. The largest absolute Gasteiger partial charge is 0.483 e. The summed E-state index contributed by atoms with van der Waals surface area (Å²) in [5.41, 5.74) is -0.473. The molecule has 0 bridgehead atoms. The fourth-order valence-corrected chi connectivity index (χ4v) is 2.88. The fraction of sp³-hybridized carbons (Fsp3) is 0.722. The van der Waals surface area contributed by atoms with Crippen LogP contribution in [0.15, 0.2) is 21.9 Å².